The molecule has 2 aromatic rings. The maximum Gasteiger partial charge on any atom is 0.417 e. The molecule has 0 saturated carbocycles. The number of ether oxygens (including phenoxy) is 1. The van der Waals surface area contributed by atoms with E-state index in [1.54, 1.807) is 13.0 Å². The van der Waals surface area contributed by atoms with Crippen LogP contribution in [0.1, 0.15) is 19.4 Å². The molecule has 0 heterocycles. The molecule has 0 N–H and O–H groups in total. The van der Waals surface area contributed by atoms with E-state index in [0.29, 0.717) is 12.4 Å². The second-order valence-corrected chi connectivity index (χ2v) is 7.29. The standard InChI is InChI=1S/C18H17F3O3S/c1-3-24-15-11-9-14(10-12-15)17(18(19,20)21)13(2)25(22,23)16-7-5-4-6-8-16/h4-12H,3H2,1-2H3/b17-13+. The lowest BCUT2D eigenvalue weighted by atomic mass is 10.1. The van der Waals surface area contributed by atoms with Crippen molar-refractivity contribution >= 4 is 15.4 Å². The first-order valence-electron chi connectivity index (χ1n) is 7.49. The van der Waals surface area contributed by atoms with E-state index in [1.807, 2.05) is 0 Å². The molecule has 25 heavy (non-hydrogen) atoms. The number of rotatable bonds is 5. The van der Waals surface area contributed by atoms with E-state index in [0.717, 1.165) is 6.92 Å². The van der Waals surface area contributed by atoms with Crippen molar-refractivity contribution in [2.24, 2.45) is 0 Å². The molecule has 0 amide bonds. The molecule has 0 aliphatic carbocycles. The summed E-state index contributed by atoms with van der Waals surface area (Å²) in [5.41, 5.74) is -1.41. The Labute approximate surface area is 144 Å². The van der Waals surface area contributed by atoms with Crippen LogP contribution >= 0.6 is 0 Å². The third-order valence-corrected chi connectivity index (χ3v) is 5.45. The molecule has 2 aromatic carbocycles. The van der Waals surface area contributed by atoms with Gasteiger partial charge in [-0.1, -0.05) is 30.3 Å². The first kappa shape index (κ1) is 19.1. The quantitative estimate of drug-likeness (QED) is 0.755. The Morgan fingerprint density at radius 2 is 1.56 bits per heavy atom. The lowest BCUT2D eigenvalue weighted by Gasteiger charge is -2.17. The van der Waals surface area contributed by atoms with Gasteiger partial charge in [0.1, 0.15) is 5.75 Å². The summed E-state index contributed by atoms with van der Waals surface area (Å²) in [6, 6.07) is 12.2. The van der Waals surface area contributed by atoms with Gasteiger partial charge in [-0.3, -0.25) is 0 Å². The molecule has 0 spiro atoms. The highest BCUT2D eigenvalue weighted by Crippen LogP contribution is 2.39. The summed E-state index contributed by atoms with van der Waals surface area (Å²) >= 11 is 0. The van der Waals surface area contributed by atoms with Crippen LogP contribution in [0.2, 0.25) is 0 Å². The zero-order valence-electron chi connectivity index (χ0n) is 13.7. The predicted molar refractivity (Wildman–Crippen MR) is 89.9 cm³/mol. The first-order chi connectivity index (χ1) is 11.7. The van der Waals surface area contributed by atoms with Crippen LogP contribution < -0.4 is 4.74 Å². The monoisotopic (exact) mass is 370 g/mol. The van der Waals surface area contributed by atoms with Gasteiger partial charge in [-0.2, -0.15) is 13.2 Å². The number of allylic oxidation sites excluding steroid dienone is 2. The Bertz CT molecular complexity index is 853. The average molecular weight is 370 g/mol. The zero-order valence-corrected chi connectivity index (χ0v) is 14.5. The summed E-state index contributed by atoms with van der Waals surface area (Å²) in [7, 11) is -4.26. The highest BCUT2D eigenvalue weighted by Gasteiger charge is 2.39. The molecule has 134 valence electrons. The summed E-state index contributed by atoms with van der Waals surface area (Å²) in [5.74, 6) is 0.413. The zero-order chi connectivity index (χ0) is 18.7. The summed E-state index contributed by atoms with van der Waals surface area (Å²) in [5, 5.41) is 0. The Kier molecular flexibility index (Phi) is 5.57. The predicted octanol–water partition coefficient (Wildman–Crippen LogP) is 4.85. The van der Waals surface area contributed by atoms with Gasteiger partial charge in [-0.25, -0.2) is 8.42 Å². The molecule has 0 fully saturated rings. The number of hydrogen-bond acceptors (Lipinski definition) is 3. The van der Waals surface area contributed by atoms with E-state index >= 15 is 0 Å². The van der Waals surface area contributed by atoms with Crippen LogP contribution in [0, 0.1) is 0 Å². The summed E-state index contributed by atoms with van der Waals surface area (Å²) in [6.45, 7) is 3.11. The smallest absolute Gasteiger partial charge is 0.417 e. The molecule has 3 nitrogen and oxygen atoms in total. The van der Waals surface area contributed by atoms with E-state index in [2.05, 4.69) is 0 Å². The van der Waals surface area contributed by atoms with Crippen molar-refractivity contribution in [1.29, 1.82) is 0 Å². The van der Waals surface area contributed by atoms with Crippen LogP contribution in [-0.2, 0) is 9.84 Å². The summed E-state index contributed by atoms with van der Waals surface area (Å²) < 4.78 is 71.2. The van der Waals surface area contributed by atoms with Crippen molar-refractivity contribution in [2.45, 2.75) is 24.9 Å². The average Bonchev–Trinajstić information content (AvgIpc) is 2.56. The molecular formula is C18H17F3O3S. The van der Waals surface area contributed by atoms with Crippen molar-refractivity contribution in [3.8, 4) is 5.75 Å². The van der Waals surface area contributed by atoms with Gasteiger partial charge in [0.25, 0.3) is 0 Å². The molecule has 0 saturated heterocycles. The number of hydrogen-bond donors (Lipinski definition) is 0. The molecule has 7 heteroatoms. The normalized spacial score (nSPS) is 13.3. The number of sulfone groups is 1. The molecule has 0 aliphatic heterocycles. The van der Waals surface area contributed by atoms with E-state index in [9.17, 15) is 21.6 Å². The van der Waals surface area contributed by atoms with Gasteiger partial charge in [-0.15, -0.1) is 0 Å². The Morgan fingerprint density at radius 1 is 1.00 bits per heavy atom. The van der Waals surface area contributed by atoms with Crippen LogP contribution in [0.25, 0.3) is 5.57 Å². The minimum Gasteiger partial charge on any atom is -0.494 e. The van der Waals surface area contributed by atoms with Gasteiger partial charge in [0.05, 0.1) is 22.0 Å². The number of alkyl halides is 3. The van der Waals surface area contributed by atoms with Gasteiger partial charge in [0.2, 0.25) is 9.84 Å². The molecule has 0 radical (unpaired) electrons. The maximum atomic E-state index is 13.6. The summed E-state index contributed by atoms with van der Waals surface area (Å²) in [4.78, 5) is -0.921. The third kappa shape index (κ3) is 4.22. The third-order valence-electron chi connectivity index (χ3n) is 3.55. The second-order valence-electron chi connectivity index (χ2n) is 5.20. The maximum absolute atomic E-state index is 13.6. The van der Waals surface area contributed by atoms with Crippen molar-refractivity contribution in [2.75, 3.05) is 6.61 Å². The topological polar surface area (TPSA) is 43.4 Å². The fourth-order valence-electron chi connectivity index (χ4n) is 2.36. The van der Waals surface area contributed by atoms with Gasteiger partial charge >= 0.3 is 6.18 Å². The molecule has 0 aliphatic rings. The number of halogens is 3. The Morgan fingerprint density at radius 3 is 2.04 bits per heavy atom. The van der Waals surface area contributed by atoms with Crippen molar-refractivity contribution in [1.82, 2.24) is 0 Å². The van der Waals surface area contributed by atoms with Gasteiger partial charge in [-0.05, 0) is 43.7 Å². The molecule has 0 bridgehead atoms. The minimum absolute atomic E-state index is 0.180. The van der Waals surface area contributed by atoms with Crippen molar-refractivity contribution in [3.05, 3.63) is 65.1 Å². The van der Waals surface area contributed by atoms with Crippen LogP contribution in [0.4, 0.5) is 13.2 Å². The van der Waals surface area contributed by atoms with Gasteiger partial charge < -0.3 is 4.74 Å². The molecule has 0 atom stereocenters. The highest BCUT2D eigenvalue weighted by molar-refractivity contribution is 7.95. The van der Waals surface area contributed by atoms with Crippen LogP contribution in [0.5, 0.6) is 5.75 Å². The molecule has 2 rings (SSSR count). The van der Waals surface area contributed by atoms with Crippen molar-refractivity contribution < 1.29 is 26.3 Å². The fourth-order valence-corrected chi connectivity index (χ4v) is 3.73. The van der Waals surface area contributed by atoms with E-state index in [1.165, 1.54) is 48.5 Å². The van der Waals surface area contributed by atoms with Crippen LogP contribution in [-0.4, -0.2) is 21.2 Å². The second kappa shape index (κ2) is 7.31. The van der Waals surface area contributed by atoms with Gasteiger partial charge in [0, 0.05) is 0 Å². The largest absolute Gasteiger partial charge is 0.494 e. The fraction of sp³-hybridized carbons (Fsp3) is 0.222. The van der Waals surface area contributed by atoms with Crippen LogP contribution in [0.15, 0.2) is 64.4 Å². The lowest BCUT2D eigenvalue weighted by Crippen LogP contribution is -2.16. The SMILES string of the molecule is CCOc1ccc(/C(=C(/C)S(=O)(=O)c2ccccc2)C(F)(F)F)cc1. The molecular weight excluding hydrogens is 353 g/mol. The Hall–Kier alpha value is -2.28. The number of benzene rings is 2. The first-order valence-corrected chi connectivity index (χ1v) is 8.97. The van der Waals surface area contributed by atoms with Crippen LogP contribution in [0.3, 0.4) is 0 Å². The van der Waals surface area contributed by atoms with Gasteiger partial charge in [0.15, 0.2) is 0 Å². The van der Waals surface area contributed by atoms with E-state index < -0.39 is 26.5 Å². The van der Waals surface area contributed by atoms with E-state index in [4.69, 9.17) is 4.74 Å². The minimum atomic E-state index is -4.82. The Balaban J connectivity index is 2.62. The lowest BCUT2D eigenvalue weighted by molar-refractivity contribution is -0.0691. The molecule has 0 aromatic heterocycles. The van der Waals surface area contributed by atoms with E-state index in [-0.39, 0.29) is 10.5 Å². The highest BCUT2D eigenvalue weighted by atomic mass is 32.2. The summed E-state index contributed by atoms with van der Waals surface area (Å²) in [6.07, 6.45) is -4.82. The van der Waals surface area contributed by atoms with Crippen molar-refractivity contribution in [3.63, 3.8) is 0 Å². The molecule has 0 unspecified atom stereocenters.